The van der Waals surface area contributed by atoms with Crippen LogP contribution in [0.1, 0.15) is 13.3 Å². The maximum atomic E-state index is 11.5. The number of aromatic nitrogens is 1. The highest BCUT2D eigenvalue weighted by molar-refractivity contribution is 5.73. The molecule has 1 aromatic heterocycles. The second-order valence-corrected chi connectivity index (χ2v) is 6.70. The summed E-state index contributed by atoms with van der Waals surface area (Å²) in [5.74, 6) is 2.03. The van der Waals surface area contributed by atoms with Gasteiger partial charge in [0.15, 0.2) is 11.6 Å². The monoisotopic (exact) mass is 331 g/mol. The zero-order valence-electron chi connectivity index (χ0n) is 14.2. The molecule has 1 unspecified atom stereocenters. The number of fused-ring (bicyclic) bond motifs is 3. The molecule has 0 aliphatic carbocycles. The number of ether oxygens (including phenoxy) is 1. The van der Waals surface area contributed by atoms with E-state index in [1.54, 1.807) is 6.92 Å². The molecule has 0 saturated carbocycles. The second kappa shape index (κ2) is 6.47. The number of anilines is 2. The molecule has 4 rings (SSSR count). The van der Waals surface area contributed by atoms with Crippen molar-refractivity contribution in [3.63, 3.8) is 0 Å². The van der Waals surface area contributed by atoms with Crippen molar-refractivity contribution in [2.75, 3.05) is 62.2 Å². The van der Waals surface area contributed by atoms with E-state index in [1.807, 2.05) is 11.1 Å². The number of nitrogens with zero attached hydrogens (tertiary/aromatic N) is 4. The first-order valence-electron chi connectivity index (χ1n) is 8.83. The van der Waals surface area contributed by atoms with Gasteiger partial charge in [0.25, 0.3) is 0 Å². The predicted molar refractivity (Wildman–Crippen MR) is 92.8 cm³/mol. The number of nitrogens with one attached hydrogen (secondary N) is 1. The van der Waals surface area contributed by atoms with Crippen LogP contribution in [0.15, 0.2) is 12.3 Å². The van der Waals surface area contributed by atoms with Gasteiger partial charge in [0.2, 0.25) is 5.91 Å². The lowest BCUT2D eigenvalue weighted by atomic mass is 10.1. The summed E-state index contributed by atoms with van der Waals surface area (Å²) in [6.45, 7) is 8.57. The highest BCUT2D eigenvalue weighted by Gasteiger charge is 2.29. The summed E-state index contributed by atoms with van der Waals surface area (Å²) in [7, 11) is 0. The van der Waals surface area contributed by atoms with E-state index in [4.69, 9.17) is 9.72 Å². The normalized spacial score (nSPS) is 23.9. The molecule has 0 bridgehead atoms. The van der Waals surface area contributed by atoms with Crippen LogP contribution in [-0.4, -0.2) is 74.3 Å². The molecule has 0 spiro atoms. The lowest BCUT2D eigenvalue weighted by Gasteiger charge is -2.37. The van der Waals surface area contributed by atoms with Crippen LogP contribution in [0.25, 0.3) is 0 Å². The van der Waals surface area contributed by atoms with Crippen molar-refractivity contribution in [3.05, 3.63) is 12.3 Å². The molecule has 2 saturated heterocycles. The first kappa shape index (κ1) is 15.5. The number of piperazine rings is 2. The summed E-state index contributed by atoms with van der Waals surface area (Å²) in [6, 6.07) is 2.59. The minimum atomic E-state index is 0.155. The minimum absolute atomic E-state index is 0.155. The number of amides is 1. The standard InChI is InChI=1S/C17H25N5O2/c1-13(23)20-5-7-21(8-6-20)15-10-16-17(19-12-15)22-4-3-18-11-14(22)2-9-24-16/h10,12,14,18H,2-9,11H2,1H3. The van der Waals surface area contributed by atoms with Gasteiger partial charge in [-0.1, -0.05) is 0 Å². The molecule has 0 aromatic carbocycles. The molecule has 130 valence electrons. The van der Waals surface area contributed by atoms with Crippen LogP contribution in [0, 0.1) is 0 Å². The van der Waals surface area contributed by atoms with Gasteiger partial charge in [-0.3, -0.25) is 4.79 Å². The van der Waals surface area contributed by atoms with Crippen molar-refractivity contribution in [3.8, 4) is 5.75 Å². The topological polar surface area (TPSA) is 60.9 Å². The van der Waals surface area contributed by atoms with Crippen LogP contribution in [0.5, 0.6) is 5.75 Å². The maximum Gasteiger partial charge on any atom is 0.219 e. The van der Waals surface area contributed by atoms with E-state index in [9.17, 15) is 4.79 Å². The average Bonchev–Trinajstić information content (AvgIpc) is 2.80. The first-order valence-corrected chi connectivity index (χ1v) is 8.83. The molecule has 1 N–H and O–H groups in total. The summed E-state index contributed by atoms with van der Waals surface area (Å²) in [4.78, 5) is 22.8. The molecule has 1 atom stereocenters. The van der Waals surface area contributed by atoms with Crippen LogP contribution < -0.4 is 19.9 Å². The largest absolute Gasteiger partial charge is 0.490 e. The fourth-order valence-corrected chi connectivity index (χ4v) is 3.80. The SMILES string of the molecule is CC(=O)N1CCN(c2cnc3c(c2)OCCC2CNCCN32)CC1. The van der Waals surface area contributed by atoms with Gasteiger partial charge in [-0.25, -0.2) is 4.98 Å². The quantitative estimate of drug-likeness (QED) is 0.799. The Kier molecular flexibility index (Phi) is 4.18. The smallest absolute Gasteiger partial charge is 0.219 e. The van der Waals surface area contributed by atoms with Crippen LogP contribution >= 0.6 is 0 Å². The van der Waals surface area contributed by atoms with Gasteiger partial charge < -0.3 is 24.8 Å². The zero-order chi connectivity index (χ0) is 16.5. The van der Waals surface area contributed by atoms with Crippen molar-refractivity contribution in [2.45, 2.75) is 19.4 Å². The fourth-order valence-electron chi connectivity index (χ4n) is 3.80. The summed E-state index contributed by atoms with van der Waals surface area (Å²) in [5.41, 5.74) is 1.09. The van der Waals surface area contributed by atoms with Crippen LogP contribution in [0.4, 0.5) is 11.5 Å². The van der Waals surface area contributed by atoms with E-state index in [0.29, 0.717) is 6.04 Å². The van der Waals surface area contributed by atoms with E-state index in [0.717, 1.165) is 76.1 Å². The van der Waals surface area contributed by atoms with Crippen LogP contribution in [0.3, 0.4) is 0 Å². The predicted octanol–water partition coefficient (Wildman–Crippen LogP) is 0.311. The molecule has 4 heterocycles. The number of pyridine rings is 1. The van der Waals surface area contributed by atoms with Crippen molar-refractivity contribution >= 4 is 17.4 Å². The highest BCUT2D eigenvalue weighted by Crippen LogP contribution is 2.34. The van der Waals surface area contributed by atoms with Crippen LogP contribution in [0.2, 0.25) is 0 Å². The number of carbonyl (C=O) groups excluding carboxylic acids is 1. The van der Waals surface area contributed by atoms with Crippen molar-refractivity contribution in [1.82, 2.24) is 15.2 Å². The lowest BCUT2D eigenvalue weighted by molar-refractivity contribution is -0.129. The zero-order valence-corrected chi connectivity index (χ0v) is 14.2. The van der Waals surface area contributed by atoms with Crippen molar-refractivity contribution in [2.24, 2.45) is 0 Å². The Labute approximate surface area is 142 Å². The number of hydrogen-bond donors (Lipinski definition) is 1. The van der Waals surface area contributed by atoms with Gasteiger partial charge >= 0.3 is 0 Å². The van der Waals surface area contributed by atoms with Gasteiger partial charge in [-0.15, -0.1) is 0 Å². The molecule has 1 amide bonds. The first-order chi connectivity index (χ1) is 11.7. The summed E-state index contributed by atoms with van der Waals surface area (Å²) in [6.07, 6.45) is 2.98. The molecule has 1 aromatic rings. The summed E-state index contributed by atoms with van der Waals surface area (Å²) < 4.78 is 6.01. The lowest BCUT2D eigenvalue weighted by Crippen LogP contribution is -2.51. The Bertz CT molecular complexity index is 615. The number of hydrogen-bond acceptors (Lipinski definition) is 6. The summed E-state index contributed by atoms with van der Waals surface area (Å²) in [5, 5.41) is 3.45. The van der Waals surface area contributed by atoms with E-state index in [-0.39, 0.29) is 5.91 Å². The Morgan fingerprint density at radius 3 is 2.92 bits per heavy atom. The molecule has 3 aliphatic rings. The van der Waals surface area contributed by atoms with Gasteiger partial charge in [-0.05, 0) is 0 Å². The Hall–Kier alpha value is -2.02. The molecule has 7 heteroatoms. The molecule has 2 fully saturated rings. The van der Waals surface area contributed by atoms with E-state index >= 15 is 0 Å². The third-order valence-electron chi connectivity index (χ3n) is 5.24. The fraction of sp³-hybridized carbons (Fsp3) is 0.647. The highest BCUT2D eigenvalue weighted by atomic mass is 16.5. The van der Waals surface area contributed by atoms with E-state index < -0.39 is 0 Å². The second-order valence-electron chi connectivity index (χ2n) is 6.70. The summed E-state index contributed by atoms with van der Waals surface area (Å²) >= 11 is 0. The van der Waals surface area contributed by atoms with Gasteiger partial charge in [0.1, 0.15) is 0 Å². The van der Waals surface area contributed by atoms with Gasteiger partial charge in [0.05, 0.1) is 18.5 Å². The van der Waals surface area contributed by atoms with Gasteiger partial charge in [0, 0.05) is 71.3 Å². The number of rotatable bonds is 1. The molecule has 7 nitrogen and oxygen atoms in total. The molecular formula is C17H25N5O2. The third kappa shape index (κ3) is 2.88. The van der Waals surface area contributed by atoms with E-state index in [2.05, 4.69) is 21.2 Å². The Morgan fingerprint density at radius 1 is 1.29 bits per heavy atom. The van der Waals surface area contributed by atoms with Gasteiger partial charge in [-0.2, -0.15) is 0 Å². The molecular weight excluding hydrogens is 306 g/mol. The Morgan fingerprint density at radius 2 is 2.12 bits per heavy atom. The average molecular weight is 331 g/mol. The molecule has 3 aliphatic heterocycles. The van der Waals surface area contributed by atoms with Crippen LogP contribution in [-0.2, 0) is 4.79 Å². The maximum absolute atomic E-state index is 11.5. The minimum Gasteiger partial charge on any atom is -0.490 e. The van der Waals surface area contributed by atoms with Crippen molar-refractivity contribution in [1.29, 1.82) is 0 Å². The third-order valence-corrected chi connectivity index (χ3v) is 5.24. The number of carbonyl (C=O) groups is 1. The van der Waals surface area contributed by atoms with Crippen molar-refractivity contribution < 1.29 is 9.53 Å². The van der Waals surface area contributed by atoms with E-state index in [1.165, 1.54) is 0 Å². The molecule has 24 heavy (non-hydrogen) atoms. The molecule has 0 radical (unpaired) electrons. The Balaban J connectivity index is 1.53.